The van der Waals surface area contributed by atoms with Gasteiger partial charge in [0.15, 0.2) is 0 Å². The second-order valence-corrected chi connectivity index (χ2v) is 7.01. The molecular formula is C21H21F2N3O3. The molecule has 1 saturated heterocycles. The zero-order valence-electron chi connectivity index (χ0n) is 15.9. The Balaban J connectivity index is 1.58. The minimum absolute atomic E-state index is 0.290. The van der Waals surface area contributed by atoms with Crippen LogP contribution in [0.4, 0.5) is 13.6 Å². The van der Waals surface area contributed by atoms with Crippen LogP contribution in [0.1, 0.15) is 24.5 Å². The van der Waals surface area contributed by atoms with Crippen LogP contribution in [-0.4, -0.2) is 35.8 Å². The summed E-state index contributed by atoms with van der Waals surface area (Å²) in [5, 5.41) is 5.02. The van der Waals surface area contributed by atoms with E-state index in [0.717, 1.165) is 30.2 Å². The smallest absolute Gasteiger partial charge is 0.325 e. The van der Waals surface area contributed by atoms with Gasteiger partial charge in [-0.15, -0.1) is 0 Å². The first-order chi connectivity index (χ1) is 13.8. The van der Waals surface area contributed by atoms with Crippen LogP contribution in [0.25, 0.3) is 0 Å². The van der Waals surface area contributed by atoms with Crippen molar-refractivity contribution in [3.05, 3.63) is 71.3 Å². The lowest BCUT2D eigenvalue weighted by atomic mass is 9.91. The van der Waals surface area contributed by atoms with Gasteiger partial charge in [0.2, 0.25) is 5.91 Å². The van der Waals surface area contributed by atoms with Crippen molar-refractivity contribution in [3.8, 4) is 0 Å². The number of hydrogen-bond acceptors (Lipinski definition) is 3. The van der Waals surface area contributed by atoms with Crippen LogP contribution in [0.2, 0.25) is 0 Å². The average molecular weight is 401 g/mol. The van der Waals surface area contributed by atoms with Crippen LogP contribution in [0.3, 0.4) is 0 Å². The molecule has 0 radical (unpaired) electrons. The molecule has 2 aromatic carbocycles. The first-order valence-corrected chi connectivity index (χ1v) is 9.21. The lowest BCUT2D eigenvalue weighted by Gasteiger charge is -2.22. The van der Waals surface area contributed by atoms with E-state index >= 15 is 0 Å². The second-order valence-electron chi connectivity index (χ2n) is 7.01. The number of carbonyl (C=O) groups excluding carboxylic acids is 3. The Morgan fingerprint density at radius 2 is 1.86 bits per heavy atom. The highest BCUT2D eigenvalue weighted by Crippen LogP contribution is 2.31. The van der Waals surface area contributed by atoms with Gasteiger partial charge >= 0.3 is 6.03 Å². The molecule has 0 aromatic heterocycles. The molecule has 2 aromatic rings. The number of nitrogens with zero attached hydrogens (tertiary/aromatic N) is 1. The van der Waals surface area contributed by atoms with E-state index in [-0.39, 0.29) is 5.56 Å². The summed E-state index contributed by atoms with van der Waals surface area (Å²) in [7, 11) is 0. The third-order valence-electron chi connectivity index (χ3n) is 4.85. The third-order valence-corrected chi connectivity index (χ3v) is 4.85. The van der Waals surface area contributed by atoms with Crippen molar-refractivity contribution in [1.29, 1.82) is 0 Å². The van der Waals surface area contributed by atoms with E-state index in [1.165, 1.54) is 6.92 Å². The highest BCUT2D eigenvalue weighted by molar-refractivity contribution is 6.09. The Bertz CT molecular complexity index is 936. The molecule has 1 heterocycles. The van der Waals surface area contributed by atoms with Crippen molar-refractivity contribution in [2.45, 2.75) is 25.3 Å². The van der Waals surface area contributed by atoms with Crippen LogP contribution >= 0.6 is 0 Å². The zero-order valence-corrected chi connectivity index (χ0v) is 15.9. The molecule has 8 heteroatoms. The fourth-order valence-corrected chi connectivity index (χ4v) is 3.27. The van der Waals surface area contributed by atoms with Crippen LogP contribution < -0.4 is 10.6 Å². The summed E-state index contributed by atoms with van der Waals surface area (Å²) < 4.78 is 27.7. The molecule has 1 atom stereocenters. The van der Waals surface area contributed by atoms with Crippen molar-refractivity contribution in [2.75, 3.05) is 13.1 Å². The van der Waals surface area contributed by atoms with E-state index < -0.39 is 41.6 Å². The summed E-state index contributed by atoms with van der Waals surface area (Å²) in [4.78, 5) is 37.8. The number of benzene rings is 2. The van der Waals surface area contributed by atoms with Crippen molar-refractivity contribution in [3.63, 3.8) is 0 Å². The summed E-state index contributed by atoms with van der Waals surface area (Å²) in [5.41, 5.74) is -0.929. The van der Waals surface area contributed by atoms with Gasteiger partial charge in [0, 0.05) is 12.1 Å². The molecule has 0 unspecified atom stereocenters. The van der Waals surface area contributed by atoms with Crippen molar-refractivity contribution in [2.24, 2.45) is 0 Å². The molecule has 1 aliphatic rings. The molecule has 2 N–H and O–H groups in total. The van der Waals surface area contributed by atoms with Crippen LogP contribution in [-0.2, 0) is 21.5 Å². The average Bonchev–Trinajstić information content (AvgIpc) is 2.92. The fourth-order valence-electron chi connectivity index (χ4n) is 3.27. The molecule has 0 aliphatic carbocycles. The lowest BCUT2D eigenvalue weighted by molar-refractivity contribution is -0.134. The van der Waals surface area contributed by atoms with E-state index in [9.17, 15) is 23.2 Å². The number of rotatable bonds is 7. The Kier molecular flexibility index (Phi) is 5.91. The van der Waals surface area contributed by atoms with Gasteiger partial charge in [-0.25, -0.2) is 13.6 Å². The van der Waals surface area contributed by atoms with Crippen LogP contribution in [0.5, 0.6) is 0 Å². The number of imide groups is 1. The second kappa shape index (κ2) is 8.38. The zero-order chi connectivity index (χ0) is 21.0. The fraction of sp³-hybridized carbons (Fsp3) is 0.286. The maximum atomic E-state index is 14.1. The standard InChI is InChI=1S/C21H21F2N3O3/c1-21(16-12-15(22)9-10-17(16)23)19(28)26(20(29)25-21)13-18(27)24-11-5-8-14-6-3-2-4-7-14/h2-4,6-7,9-10,12H,5,8,11,13H2,1H3,(H,24,27)(H,25,29)/t21-/m0/s1. The van der Waals surface area contributed by atoms with Gasteiger partial charge in [0.05, 0.1) is 0 Å². The summed E-state index contributed by atoms with van der Waals surface area (Å²) in [6.07, 6.45) is 1.48. The van der Waals surface area contributed by atoms with E-state index in [2.05, 4.69) is 10.6 Å². The number of nitrogens with one attached hydrogen (secondary N) is 2. The molecule has 6 nitrogen and oxygen atoms in total. The summed E-state index contributed by atoms with van der Waals surface area (Å²) in [6, 6.07) is 11.6. The summed E-state index contributed by atoms with van der Waals surface area (Å²) in [6.45, 7) is 1.17. The Hall–Kier alpha value is -3.29. The molecule has 152 valence electrons. The van der Waals surface area contributed by atoms with Gasteiger partial charge < -0.3 is 10.6 Å². The van der Waals surface area contributed by atoms with Gasteiger partial charge in [-0.05, 0) is 43.5 Å². The van der Waals surface area contributed by atoms with Crippen molar-refractivity contribution < 1.29 is 23.2 Å². The number of amides is 4. The molecule has 0 bridgehead atoms. The summed E-state index contributed by atoms with van der Waals surface area (Å²) in [5.74, 6) is -2.88. The van der Waals surface area contributed by atoms with E-state index in [0.29, 0.717) is 17.9 Å². The molecule has 0 spiro atoms. The maximum absolute atomic E-state index is 14.1. The lowest BCUT2D eigenvalue weighted by Crippen LogP contribution is -2.43. The predicted octanol–water partition coefficient (Wildman–Crippen LogP) is 2.48. The molecule has 1 aliphatic heterocycles. The van der Waals surface area contributed by atoms with E-state index in [4.69, 9.17) is 0 Å². The quantitative estimate of drug-likeness (QED) is 0.553. The first-order valence-electron chi connectivity index (χ1n) is 9.21. The Labute approximate surface area is 166 Å². The van der Waals surface area contributed by atoms with Crippen LogP contribution in [0, 0.1) is 11.6 Å². The normalized spacial score (nSPS) is 18.7. The molecular weight excluding hydrogens is 380 g/mol. The first kappa shape index (κ1) is 20.4. The number of aryl methyl sites for hydroxylation is 1. The molecule has 29 heavy (non-hydrogen) atoms. The number of halogens is 2. The van der Waals surface area contributed by atoms with Crippen molar-refractivity contribution in [1.82, 2.24) is 15.5 Å². The minimum atomic E-state index is -1.78. The molecule has 3 rings (SSSR count). The SMILES string of the molecule is C[C@@]1(c2cc(F)ccc2F)NC(=O)N(CC(=O)NCCCc2ccccc2)C1=O. The predicted molar refractivity (Wildman–Crippen MR) is 102 cm³/mol. The Morgan fingerprint density at radius 1 is 1.14 bits per heavy atom. The Morgan fingerprint density at radius 3 is 2.59 bits per heavy atom. The maximum Gasteiger partial charge on any atom is 0.325 e. The highest BCUT2D eigenvalue weighted by Gasteiger charge is 2.50. The molecule has 4 amide bonds. The largest absolute Gasteiger partial charge is 0.355 e. The third kappa shape index (κ3) is 4.42. The van der Waals surface area contributed by atoms with Gasteiger partial charge in [-0.1, -0.05) is 30.3 Å². The number of carbonyl (C=O) groups is 3. The topological polar surface area (TPSA) is 78.5 Å². The van der Waals surface area contributed by atoms with Gasteiger partial charge in [0.25, 0.3) is 5.91 Å². The number of hydrogen-bond donors (Lipinski definition) is 2. The van der Waals surface area contributed by atoms with E-state index in [1.54, 1.807) is 0 Å². The highest BCUT2D eigenvalue weighted by atomic mass is 19.1. The summed E-state index contributed by atoms with van der Waals surface area (Å²) >= 11 is 0. The van der Waals surface area contributed by atoms with Gasteiger partial charge in [-0.3, -0.25) is 14.5 Å². The van der Waals surface area contributed by atoms with Gasteiger partial charge in [-0.2, -0.15) is 0 Å². The van der Waals surface area contributed by atoms with Crippen LogP contribution in [0.15, 0.2) is 48.5 Å². The monoisotopic (exact) mass is 401 g/mol. The van der Waals surface area contributed by atoms with Gasteiger partial charge in [0.1, 0.15) is 23.7 Å². The van der Waals surface area contributed by atoms with E-state index in [1.807, 2.05) is 30.3 Å². The molecule has 1 fully saturated rings. The number of urea groups is 1. The van der Waals surface area contributed by atoms with Crippen molar-refractivity contribution >= 4 is 17.8 Å². The minimum Gasteiger partial charge on any atom is -0.355 e. The molecule has 0 saturated carbocycles.